The number of nitrogens with one attached hydrogen (secondary N) is 3. The van der Waals surface area contributed by atoms with Crippen molar-refractivity contribution >= 4 is 40.9 Å². The smallest absolute Gasteiger partial charge is 0.407 e. The van der Waals surface area contributed by atoms with Crippen LogP contribution in [0.2, 0.25) is 0 Å². The highest BCUT2D eigenvalue weighted by molar-refractivity contribution is 7.13. The van der Waals surface area contributed by atoms with Crippen molar-refractivity contribution in [3.8, 4) is 27.3 Å². The molecule has 260 valence electrons. The van der Waals surface area contributed by atoms with E-state index in [9.17, 15) is 24.3 Å². The first-order chi connectivity index (χ1) is 23.8. The summed E-state index contributed by atoms with van der Waals surface area (Å²) in [7, 11) is 1.21. The number of rotatable bonds is 9. The molecule has 0 unspecified atom stereocenters. The lowest BCUT2D eigenvalue weighted by atomic mass is 9.93. The van der Waals surface area contributed by atoms with Gasteiger partial charge in [0.2, 0.25) is 0 Å². The van der Waals surface area contributed by atoms with Crippen LogP contribution in [0.4, 0.5) is 10.5 Å². The number of anilines is 1. The maximum atomic E-state index is 14.1. The van der Waals surface area contributed by atoms with Gasteiger partial charge in [0, 0.05) is 52.3 Å². The molecule has 0 atom stereocenters. The van der Waals surface area contributed by atoms with Crippen LogP contribution in [0, 0.1) is 0 Å². The van der Waals surface area contributed by atoms with E-state index in [0.29, 0.717) is 42.9 Å². The zero-order chi connectivity index (χ0) is 35.6. The Balaban J connectivity index is 1.34. The van der Waals surface area contributed by atoms with Gasteiger partial charge < -0.3 is 35.3 Å². The Bertz CT molecular complexity index is 1960. The average Bonchev–Trinajstić information content (AvgIpc) is 3.70. The van der Waals surface area contributed by atoms with Crippen LogP contribution in [0.5, 0.6) is 5.75 Å². The number of methoxy groups -OCH3 is 1. The first kappa shape index (κ1) is 34.6. The Hall–Kier alpha value is -5.27. The van der Waals surface area contributed by atoms with Gasteiger partial charge in [-0.05, 0) is 92.6 Å². The number of alkyl carbamates (subject to hydrolysis) is 1. The summed E-state index contributed by atoms with van der Waals surface area (Å²) in [6.45, 7) is 6.09. The summed E-state index contributed by atoms with van der Waals surface area (Å²) in [6.07, 6.45) is 1.35. The molecule has 1 aliphatic heterocycles. The van der Waals surface area contributed by atoms with Crippen molar-refractivity contribution in [2.75, 3.05) is 25.6 Å². The molecule has 6 rings (SSSR count). The Labute approximate surface area is 293 Å². The van der Waals surface area contributed by atoms with E-state index in [1.165, 1.54) is 13.2 Å². The second kappa shape index (κ2) is 13.9. The van der Waals surface area contributed by atoms with Crippen molar-refractivity contribution in [2.24, 2.45) is 0 Å². The van der Waals surface area contributed by atoms with E-state index in [1.807, 2.05) is 11.4 Å². The van der Waals surface area contributed by atoms with E-state index in [2.05, 4.69) is 20.9 Å². The molecule has 0 bridgehead atoms. The number of carbonyl (C=O) groups excluding carboxylic acids is 4. The lowest BCUT2D eigenvalue weighted by molar-refractivity contribution is 0.0522. The number of aromatic nitrogens is 1. The molecule has 2 aliphatic rings. The minimum absolute atomic E-state index is 0.0418. The molecule has 2 aromatic heterocycles. The minimum Gasteiger partial charge on any atom is -0.493 e. The molecule has 13 heteroatoms. The molecule has 1 saturated carbocycles. The van der Waals surface area contributed by atoms with Gasteiger partial charge in [-0.1, -0.05) is 12.1 Å². The monoisotopic (exact) mass is 698 g/mol. The van der Waals surface area contributed by atoms with Crippen molar-refractivity contribution < 1.29 is 38.5 Å². The number of thiophene rings is 1. The predicted molar refractivity (Wildman–Crippen MR) is 188 cm³/mol. The maximum Gasteiger partial charge on any atom is 0.407 e. The van der Waals surface area contributed by atoms with Crippen LogP contribution in [0.1, 0.15) is 76.1 Å². The highest BCUT2D eigenvalue weighted by Gasteiger charge is 2.40. The number of ether oxygens (including phenoxy) is 3. The molecule has 1 aliphatic carbocycles. The van der Waals surface area contributed by atoms with Crippen molar-refractivity contribution in [1.29, 1.82) is 0 Å². The molecule has 2 aromatic carbocycles. The third-order valence-electron chi connectivity index (χ3n) is 8.23. The van der Waals surface area contributed by atoms with Gasteiger partial charge in [-0.15, -0.1) is 11.3 Å². The van der Waals surface area contributed by atoms with Gasteiger partial charge in [0.15, 0.2) is 5.69 Å². The Morgan fingerprint density at radius 3 is 2.42 bits per heavy atom. The van der Waals surface area contributed by atoms with Gasteiger partial charge >= 0.3 is 12.1 Å². The van der Waals surface area contributed by atoms with Crippen molar-refractivity contribution in [1.82, 2.24) is 15.6 Å². The highest BCUT2D eigenvalue weighted by Crippen LogP contribution is 2.43. The summed E-state index contributed by atoms with van der Waals surface area (Å²) in [5, 5.41) is 20.5. The van der Waals surface area contributed by atoms with Crippen LogP contribution in [-0.2, 0) is 22.4 Å². The molecular weight excluding hydrogens is 660 g/mol. The van der Waals surface area contributed by atoms with Gasteiger partial charge in [0.05, 0.1) is 19.3 Å². The number of amides is 3. The third kappa shape index (κ3) is 7.95. The van der Waals surface area contributed by atoms with E-state index < -0.39 is 35.1 Å². The first-order valence-corrected chi connectivity index (χ1v) is 17.1. The number of fused-ring (bicyclic) bond motifs is 3. The summed E-state index contributed by atoms with van der Waals surface area (Å²) >= 11 is 1.55. The number of hydrogen-bond donors (Lipinski definition) is 4. The van der Waals surface area contributed by atoms with Crippen LogP contribution in [-0.4, -0.2) is 65.4 Å². The van der Waals surface area contributed by atoms with Gasteiger partial charge in [-0.3, -0.25) is 9.59 Å². The highest BCUT2D eigenvalue weighted by atomic mass is 32.1. The Kier molecular flexibility index (Phi) is 9.63. The van der Waals surface area contributed by atoms with E-state index >= 15 is 0 Å². The normalized spacial score (nSPS) is 14.2. The number of pyridine rings is 1. The number of carbonyl (C=O) groups is 4. The molecular formula is C37H38N4O8S. The topological polar surface area (TPSA) is 165 Å². The largest absolute Gasteiger partial charge is 0.493 e. The summed E-state index contributed by atoms with van der Waals surface area (Å²) in [5.74, 6) is -1.27. The molecule has 12 nitrogen and oxygen atoms in total. The maximum absolute atomic E-state index is 14.1. The quantitative estimate of drug-likeness (QED) is 0.160. The zero-order valence-corrected chi connectivity index (χ0v) is 29.0. The average molecular weight is 699 g/mol. The number of esters is 1. The SMILES string of the molecule is COC(=O)c1nc(C(=O)NCC2(O)CC2)ccc1-c1cc2c(cc1C(=O)Nc1ccc(CNC(=O)OC(C)(C)C)cc1)-c1sccc1CCO2. The second-order valence-corrected chi connectivity index (χ2v) is 14.2. The fourth-order valence-corrected chi connectivity index (χ4v) is 6.41. The molecule has 50 heavy (non-hydrogen) atoms. The van der Waals surface area contributed by atoms with Gasteiger partial charge in [0.1, 0.15) is 17.0 Å². The Morgan fingerprint density at radius 1 is 0.960 bits per heavy atom. The molecule has 4 N–H and O–H groups in total. The van der Waals surface area contributed by atoms with Crippen LogP contribution < -0.4 is 20.7 Å². The number of nitrogens with zero attached hydrogens (tertiary/aromatic N) is 1. The summed E-state index contributed by atoms with van der Waals surface area (Å²) < 4.78 is 16.5. The third-order valence-corrected chi connectivity index (χ3v) is 9.22. The van der Waals surface area contributed by atoms with Gasteiger partial charge in [0.25, 0.3) is 11.8 Å². The molecule has 1 fully saturated rings. The molecule has 0 spiro atoms. The minimum atomic E-state index is -0.912. The van der Waals surface area contributed by atoms with E-state index in [4.69, 9.17) is 14.2 Å². The van der Waals surface area contributed by atoms with Crippen molar-refractivity contribution in [2.45, 2.75) is 57.8 Å². The first-order valence-electron chi connectivity index (χ1n) is 16.2. The van der Waals surface area contributed by atoms with E-state index in [-0.39, 0.29) is 35.6 Å². The molecule has 0 radical (unpaired) electrons. The van der Waals surface area contributed by atoms with Crippen molar-refractivity contribution in [3.63, 3.8) is 0 Å². The molecule has 3 heterocycles. The Morgan fingerprint density at radius 2 is 1.72 bits per heavy atom. The lowest BCUT2D eigenvalue weighted by Gasteiger charge is -2.19. The number of aliphatic hydroxyl groups is 1. The second-order valence-electron chi connectivity index (χ2n) is 13.3. The van der Waals surface area contributed by atoms with Gasteiger partial charge in [-0.2, -0.15) is 0 Å². The summed E-state index contributed by atoms with van der Waals surface area (Å²) in [5.41, 5.74) is 2.27. The fraction of sp³-hybridized carbons (Fsp3) is 0.324. The lowest BCUT2D eigenvalue weighted by Crippen LogP contribution is -2.34. The van der Waals surface area contributed by atoms with Gasteiger partial charge in [-0.25, -0.2) is 14.6 Å². The van der Waals surface area contributed by atoms with Crippen LogP contribution >= 0.6 is 11.3 Å². The molecule has 0 saturated heterocycles. The predicted octanol–water partition coefficient (Wildman–Crippen LogP) is 5.73. The van der Waals surface area contributed by atoms with Crippen LogP contribution in [0.25, 0.3) is 21.6 Å². The van der Waals surface area contributed by atoms with Crippen LogP contribution in [0.3, 0.4) is 0 Å². The van der Waals surface area contributed by atoms with E-state index in [0.717, 1.165) is 21.6 Å². The van der Waals surface area contributed by atoms with Crippen LogP contribution in [0.15, 0.2) is 60.0 Å². The van der Waals surface area contributed by atoms with E-state index in [1.54, 1.807) is 74.6 Å². The summed E-state index contributed by atoms with van der Waals surface area (Å²) in [6, 6.07) is 15.5. The molecule has 3 amide bonds. The number of hydrogen-bond acceptors (Lipinski definition) is 10. The zero-order valence-electron chi connectivity index (χ0n) is 28.2. The standard InChI is InChI=1S/C37H38N4O8S/c1-36(2,3)49-35(45)38-19-21-5-7-23(8-6-21)40-32(42)26-17-27-29(48-15-11-22-12-16-50-31(22)27)18-25(26)24-9-10-28(41-30(24)34(44)47-4)33(43)39-20-37(46)13-14-37/h5-10,12,16-18,46H,11,13-15,19-20H2,1-4H3,(H,38,45)(H,39,43)(H,40,42). The fourth-order valence-electron chi connectivity index (χ4n) is 5.43. The van der Waals surface area contributed by atoms with Crippen molar-refractivity contribution in [3.05, 3.63) is 88.1 Å². The summed E-state index contributed by atoms with van der Waals surface area (Å²) in [4.78, 5) is 57.6. The number of benzene rings is 2. The molecule has 4 aromatic rings.